The van der Waals surface area contributed by atoms with Gasteiger partial charge >= 0.3 is 0 Å². The van der Waals surface area contributed by atoms with E-state index in [4.69, 9.17) is 4.84 Å². The van der Waals surface area contributed by atoms with E-state index in [0.29, 0.717) is 12.0 Å². The molecular formula is C25H26F2N4O5. The lowest BCUT2D eigenvalue weighted by molar-refractivity contribution is -0.0956. The second kappa shape index (κ2) is 8.42. The standard InChI is InChI=1S/C25H26F2N4O5/c1-12-4-5-15(17(26)8-12)9-28-23(34)16-10-31-18-11-30(24(35)19(31)21(33)20(16)32)13(2)6-7-25(18)22(27)14(3)29-36-25/h4-5,8,10,13,18,22,33H,6-7,9,11H2,1-3H3,(H,28,34)/t13-,18+,22+,25+/m0/s1. The summed E-state index contributed by atoms with van der Waals surface area (Å²) in [5.41, 5.74) is -2.22. The molecule has 3 aliphatic heterocycles. The van der Waals surface area contributed by atoms with Crippen LogP contribution in [-0.2, 0) is 11.4 Å². The summed E-state index contributed by atoms with van der Waals surface area (Å²) in [6.45, 7) is 4.89. The largest absolute Gasteiger partial charge is 0.503 e. The zero-order valence-electron chi connectivity index (χ0n) is 20.0. The van der Waals surface area contributed by atoms with E-state index in [1.807, 2.05) is 0 Å². The van der Waals surface area contributed by atoms with Crippen molar-refractivity contribution in [2.24, 2.45) is 5.16 Å². The molecule has 36 heavy (non-hydrogen) atoms. The molecule has 2 amide bonds. The molecule has 190 valence electrons. The average molecular weight is 501 g/mol. The van der Waals surface area contributed by atoms with Gasteiger partial charge in [-0.1, -0.05) is 17.3 Å². The van der Waals surface area contributed by atoms with Crippen molar-refractivity contribution in [3.8, 4) is 5.75 Å². The van der Waals surface area contributed by atoms with Crippen LogP contribution in [0.1, 0.15) is 64.7 Å². The SMILES string of the molecule is CC1=NO[C@@]2(CC[C@H](C)N3C[C@H]2n2cc(C(=O)NCc4ccc(C)cc4F)c(=O)c(O)c2C3=O)[C@@H]1F. The van der Waals surface area contributed by atoms with Gasteiger partial charge in [-0.2, -0.15) is 0 Å². The Hall–Kier alpha value is -3.76. The Kier molecular flexibility index (Phi) is 5.60. The number of aryl methyl sites for hydroxylation is 1. The summed E-state index contributed by atoms with van der Waals surface area (Å²) in [6, 6.07) is 3.37. The number of alkyl halides is 1. The molecule has 1 aromatic carbocycles. The van der Waals surface area contributed by atoms with Crippen LogP contribution < -0.4 is 10.7 Å². The predicted octanol–water partition coefficient (Wildman–Crippen LogP) is 2.59. The normalized spacial score (nSPS) is 26.8. The number of rotatable bonds is 3. The molecule has 4 heterocycles. The fraction of sp³-hybridized carbons (Fsp3) is 0.440. The summed E-state index contributed by atoms with van der Waals surface area (Å²) in [6.07, 6.45) is 0.213. The highest BCUT2D eigenvalue weighted by Gasteiger charge is 2.59. The van der Waals surface area contributed by atoms with Gasteiger partial charge in [-0.3, -0.25) is 14.4 Å². The Balaban J connectivity index is 1.57. The number of aromatic nitrogens is 1. The number of halogens is 2. The zero-order chi connectivity index (χ0) is 25.9. The second-order valence-corrected chi connectivity index (χ2v) is 9.76. The number of nitrogens with one attached hydrogen (secondary N) is 1. The van der Waals surface area contributed by atoms with Gasteiger partial charge < -0.3 is 24.7 Å². The highest BCUT2D eigenvalue weighted by molar-refractivity contribution is 5.99. The number of benzene rings is 1. The summed E-state index contributed by atoms with van der Waals surface area (Å²) < 4.78 is 31.0. The van der Waals surface area contributed by atoms with Gasteiger partial charge in [0.15, 0.2) is 23.2 Å². The van der Waals surface area contributed by atoms with E-state index < -0.39 is 52.2 Å². The number of carbonyl (C=O) groups is 2. The molecular weight excluding hydrogens is 474 g/mol. The van der Waals surface area contributed by atoms with Crippen LogP contribution in [-0.4, -0.2) is 56.5 Å². The van der Waals surface area contributed by atoms with Crippen LogP contribution in [0.5, 0.6) is 5.75 Å². The Bertz CT molecular complexity index is 1370. The topological polar surface area (TPSA) is 113 Å². The summed E-state index contributed by atoms with van der Waals surface area (Å²) in [5.74, 6) is -2.87. The first-order valence-corrected chi connectivity index (χ1v) is 11.7. The number of aromatic hydroxyl groups is 1. The minimum Gasteiger partial charge on any atom is -0.503 e. The molecule has 1 fully saturated rings. The molecule has 3 aliphatic rings. The van der Waals surface area contributed by atoms with Crippen LogP contribution >= 0.6 is 0 Å². The van der Waals surface area contributed by atoms with Crippen molar-refractivity contribution < 1.29 is 28.3 Å². The molecule has 2 N–H and O–H groups in total. The van der Waals surface area contributed by atoms with E-state index in [2.05, 4.69) is 10.5 Å². The minimum atomic E-state index is -1.58. The number of carbonyl (C=O) groups excluding carboxylic acids is 2. The Labute approximate surface area is 205 Å². The van der Waals surface area contributed by atoms with Crippen LogP contribution in [0.4, 0.5) is 8.78 Å². The van der Waals surface area contributed by atoms with Crippen molar-refractivity contribution in [1.29, 1.82) is 0 Å². The lowest BCUT2D eigenvalue weighted by Crippen LogP contribution is -2.55. The van der Waals surface area contributed by atoms with Crippen LogP contribution in [0, 0.1) is 12.7 Å². The monoisotopic (exact) mass is 500 g/mol. The average Bonchev–Trinajstić information content (AvgIpc) is 3.05. The molecule has 4 atom stereocenters. The van der Waals surface area contributed by atoms with E-state index in [9.17, 15) is 23.9 Å². The second-order valence-electron chi connectivity index (χ2n) is 9.76. The van der Waals surface area contributed by atoms with Gasteiger partial charge in [0.2, 0.25) is 5.43 Å². The smallest absolute Gasteiger partial charge is 0.274 e. The molecule has 11 heteroatoms. The number of hydrogen-bond acceptors (Lipinski definition) is 6. The van der Waals surface area contributed by atoms with Crippen molar-refractivity contribution >= 4 is 17.5 Å². The van der Waals surface area contributed by atoms with Gasteiger partial charge in [-0.15, -0.1) is 0 Å². The molecule has 5 rings (SSSR count). The van der Waals surface area contributed by atoms with E-state index in [0.717, 1.165) is 6.20 Å². The Morgan fingerprint density at radius 1 is 1.33 bits per heavy atom. The zero-order valence-corrected chi connectivity index (χ0v) is 20.0. The van der Waals surface area contributed by atoms with Gasteiger partial charge in [0.25, 0.3) is 11.8 Å². The van der Waals surface area contributed by atoms with Crippen molar-refractivity contribution in [2.75, 3.05) is 6.54 Å². The van der Waals surface area contributed by atoms with Gasteiger partial charge in [0, 0.05) is 30.9 Å². The van der Waals surface area contributed by atoms with E-state index in [1.165, 1.54) is 28.5 Å². The first kappa shape index (κ1) is 24.0. The summed E-state index contributed by atoms with van der Waals surface area (Å²) in [7, 11) is 0. The maximum atomic E-state index is 15.5. The van der Waals surface area contributed by atoms with Crippen LogP contribution in [0.2, 0.25) is 0 Å². The van der Waals surface area contributed by atoms with Crippen molar-refractivity contribution in [3.63, 3.8) is 0 Å². The summed E-state index contributed by atoms with van der Waals surface area (Å²) in [5, 5.41) is 17.1. The number of amides is 2. The van der Waals surface area contributed by atoms with Gasteiger partial charge in [0.1, 0.15) is 11.4 Å². The summed E-state index contributed by atoms with van der Waals surface area (Å²) >= 11 is 0. The van der Waals surface area contributed by atoms with Gasteiger partial charge in [-0.05, 0) is 45.2 Å². The highest BCUT2D eigenvalue weighted by Crippen LogP contribution is 2.47. The lowest BCUT2D eigenvalue weighted by atomic mass is 9.82. The first-order valence-electron chi connectivity index (χ1n) is 11.7. The van der Waals surface area contributed by atoms with Crippen LogP contribution in [0.25, 0.3) is 0 Å². The quantitative estimate of drug-likeness (QED) is 0.673. The number of fused-ring (bicyclic) bond motifs is 5. The molecule has 1 saturated heterocycles. The van der Waals surface area contributed by atoms with E-state index in [1.54, 1.807) is 19.9 Å². The van der Waals surface area contributed by atoms with Crippen molar-refractivity contribution in [3.05, 3.63) is 62.8 Å². The first-order chi connectivity index (χ1) is 17.0. The third-order valence-electron chi connectivity index (χ3n) is 7.48. The third kappa shape index (κ3) is 3.48. The molecule has 0 unspecified atom stereocenters. The molecule has 1 spiro atoms. The van der Waals surface area contributed by atoms with Crippen LogP contribution in [0.15, 0.2) is 34.3 Å². The summed E-state index contributed by atoms with van der Waals surface area (Å²) in [4.78, 5) is 46.4. The van der Waals surface area contributed by atoms with Gasteiger partial charge in [0.05, 0.1) is 11.8 Å². The lowest BCUT2D eigenvalue weighted by Gasteiger charge is -2.42. The maximum absolute atomic E-state index is 15.5. The Morgan fingerprint density at radius 2 is 2.08 bits per heavy atom. The Morgan fingerprint density at radius 3 is 2.75 bits per heavy atom. The highest BCUT2D eigenvalue weighted by atomic mass is 19.1. The molecule has 9 nitrogen and oxygen atoms in total. The third-order valence-corrected chi connectivity index (χ3v) is 7.48. The minimum absolute atomic E-state index is 0.0498. The predicted molar refractivity (Wildman–Crippen MR) is 125 cm³/mol. The number of pyridine rings is 1. The molecule has 1 aromatic heterocycles. The van der Waals surface area contributed by atoms with E-state index >= 15 is 4.39 Å². The molecule has 0 aliphatic carbocycles. The molecule has 2 aromatic rings. The van der Waals surface area contributed by atoms with Crippen molar-refractivity contribution in [1.82, 2.24) is 14.8 Å². The number of hydrogen-bond donors (Lipinski definition) is 2. The maximum Gasteiger partial charge on any atom is 0.274 e. The fourth-order valence-corrected chi connectivity index (χ4v) is 5.33. The number of nitrogens with zero attached hydrogens (tertiary/aromatic N) is 3. The molecule has 0 saturated carbocycles. The van der Waals surface area contributed by atoms with Crippen molar-refractivity contribution in [2.45, 2.75) is 64.0 Å². The van der Waals surface area contributed by atoms with E-state index in [-0.39, 0.29) is 42.5 Å². The molecule has 2 bridgehead atoms. The fourth-order valence-electron chi connectivity index (χ4n) is 5.33. The van der Waals surface area contributed by atoms with Gasteiger partial charge in [-0.25, -0.2) is 8.78 Å². The van der Waals surface area contributed by atoms with Crippen LogP contribution in [0.3, 0.4) is 0 Å². The number of oxime groups is 1. The molecule has 0 radical (unpaired) electrons.